The molecule has 41 heavy (non-hydrogen) atoms. The van der Waals surface area contributed by atoms with Crippen LogP contribution < -0.4 is 20.1 Å². The molecule has 0 radical (unpaired) electrons. The summed E-state index contributed by atoms with van der Waals surface area (Å²) in [6, 6.07) is 7.68. The number of aromatic nitrogens is 2. The SMILES string of the molecule is COc1cc(CNC2CCN(C)CC2)c(F)cc1Nc1ncc(C(F)(F)F)c(Oc2cccc3c2C(=O)N(C)C3)n1. The Labute approximate surface area is 234 Å². The van der Waals surface area contributed by atoms with Gasteiger partial charge in [-0.3, -0.25) is 4.79 Å². The second kappa shape index (κ2) is 11.5. The topological polar surface area (TPSA) is 91.8 Å². The van der Waals surface area contributed by atoms with Crippen LogP contribution in [0.3, 0.4) is 0 Å². The Morgan fingerprint density at radius 2 is 1.88 bits per heavy atom. The average Bonchev–Trinajstić information content (AvgIpc) is 3.22. The van der Waals surface area contributed by atoms with Gasteiger partial charge in [0.1, 0.15) is 22.9 Å². The number of hydrogen-bond acceptors (Lipinski definition) is 8. The van der Waals surface area contributed by atoms with Crippen molar-refractivity contribution in [1.82, 2.24) is 25.1 Å². The molecular weight excluding hydrogens is 544 g/mol. The fourth-order valence-electron chi connectivity index (χ4n) is 4.94. The summed E-state index contributed by atoms with van der Waals surface area (Å²) >= 11 is 0. The second-order valence-electron chi connectivity index (χ2n) is 10.2. The zero-order valence-electron chi connectivity index (χ0n) is 22.8. The Kier molecular flexibility index (Phi) is 8.00. The first kappa shape index (κ1) is 28.6. The third kappa shape index (κ3) is 6.20. The third-order valence-corrected chi connectivity index (χ3v) is 7.26. The minimum absolute atomic E-state index is 0.0583. The molecule has 1 fully saturated rings. The first-order valence-electron chi connectivity index (χ1n) is 13.1. The van der Waals surface area contributed by atoms with Crippen LogP contribution in [-0.4, -0.2) is 66.0 Å². The minimum atomic E-state index is -4.83. The standard InChI is InChI=1S/C28H30F4N6O3/c1-37-9-7-18(8-10-37)33-13-17-11-23(40-3)21(12-20(17)29)35-27-34-14-19(28(30,31)32)25(36-27)41-22-6-4-5-16-15-38(2)26(39)24(16)22/h4-6,11-12,14,18,33H,7-10,13,15H2,1-3H3,(H,34,35,36). The van der Waals surface area contributed by atoms with Crippen molar-refractivity contribution in [3.05, 3.63) is 64.6 Å². The Hall–Kier alpha value is -3.97. The molecule has 0 unspecified atom stereocenters. The van der Waals surface area contributed by atoms with Crippen LogP contribution in [0.1, 0.15) is 39.9 Å². The number of anilines is 2. The highest BCUT2D eigenvalue weighted by Crippen LogP contribution is 2.40. The van der Waals surface area contributed by atoms with E-state index in [1.807, 2.05) is 0 Å². The molecule has 1 amide bonds. The zero-order valence-corrected chi connectivity index (χ0v) is 22.8. The zero-order chi connectivity index (χ0) is 29.3. The van der Waals surface area contributed by atoms with Gasteiger partial charge < -0.3 is 29.9 Å². The summed E-state index contributed by atoms with van der Waals surface area (Å²) in [7, 11) is 5.05. The highest BCUT2D eigenvalue weighted by Gasteiger charge is 2.37. The predicted molar refractivity (Wildman–Crippen MR) is 143 cm³/mol. The maximum atomic E-state index is 15.1. The molecule has 2 aromatic carbocycles. The maximum absolute atomic E-state index is 15.1. The first-order chi connectivity index (χ1) is 19.5. The summed E-state index contributed by atoms with van der Waals surface area (Å²) in [5, 5.41) is 6.12. The quantitative estimate of drug-likeness (QED) is 0.366. The van der Waals surface area contributed by atoms with E-state index in [4.69, 9.17) is 9.47 Å². The summed E-state index contributed by atoms with van der Waals surface area (Å²) < 4.78 is 67.6. The van der Waals surface area contributed by atoms with Gasteiger partial charge in [-0.25, -0.2) is 9.37 Å². The molecule has 3 heterocycles. The first-order valence-corrected chi connectivity index (χ1v) is 13.1. The summed E-state index contributed by atoms with van der Waals surface area (Å²) in [4.78, 5) is 24.0. The number of methoxy groups -OCH3 is 1. The fraction of sp³-hybridized carbons (Fsp3) is 0.393. The molecule has 3 aromatic rings. The molecule has 0 saturated carbocycles. The predicted octanol–water partition coefficient (Wildman–Crippen LogP) is 4.95. The molecule has 0 bridgehead atoms. The summed E-state index contributed by atoms with van der Waals surface area (Å²) in [6.07, 6.45) is -2.34. The van der Waals surface area contributed by atoms with E-state index < -0.39 is 23.4 Å². The number of halogens is 4. The number of carbonyl (C=O) groups excluding carboxylic acids is 1. The van der Waals surface area contributed by atoms with Crippen molar-refractivity contribution >= 4 is 17.5 Å². The molecule has 1 saturated heterocycles. The van der Waals surface area contributed by atoms with Gasteiger partial charge in [0.15, 0.2) is 0 Å². The molecule has 218 valence electrons. The van der Waals surface area contributed by atoms with Crippen molar-refractivity contribution in [3.8, 4) is 17.4 Å². The number of likely N-dealkylation sites (tertiary alicyclic amines) is 1. The van der Waals surface area contributed by atoms with E-state index in [0.717, 1.165) is 25.9 Å². The highest BCUT2D eigenvalue weighted by molar-refractivity contribution is 6.00. The van der Waals surface area contributed by atoms with Gasteiger partial charge in [0.25, 0.3) is 5.91 Å². The monoisotopic (exact) mass is 574 g/mol. The van der Waals surface area contributed by atoms with Crippen molar-refractivity contribution in [2.75, 3.05) is 39.6 Å². The molecule has 2 aliphatic heterocycles. The van der Waals surface area contributed by atoms with Crippen molar-refractivity contribution in [3.63, 3.8) is 0 Å². The lowest BCUT2D eigenvalue weighted by molar-refractivity contribution is -0.139. The molecule has 9 nitrogen and oxygen atoms in total. The van der Waals surface area contributed by atoms with Crippen LogP contribution in [0.2, 0.25) is 0 Å². The van der Waals surface area contributed by atoms with Crippen molar-refractivity contribution < 1.29 is 31.8 Å². The molecular formula is C28H30F4N6O3. The number of fused-ring (bicyclic) bond motifs is 1. The number of carbonyl (C=O) groups is 1. The third-order valence-electron chi connectivity index (χ3n) is 7.26. The Balaban J connectivity index is 1.40. The lowest BCUT2D eigenvalue weighted by Gasteiger charge is -2.29. The summed E-state index contributed by atoms with van der Waals surface area (Å²) in [5.74, 6) is -1.78. The molecule has 5 rings (SSSR count). The molecule has 0 atom stereocenters. The molecule has 2 aliphatic rings. The fourth-order valence-corrected chi connectivity index (χ4v) is 4.94. The lowest BCUT2D eigenvalue weighted by Crippen LogP contribution is -2.40. The number of nitrogens with zero attached hydrogens (tertiary/aromatic N) is 4. The van der Waals surface area contributed by atoms with Crippen LogP contribution in [0.25, 0.3) is 0 Å². The van der Waals surface area contributed by atoms with Gasteiger partial charge in [-0.2, -0.15) is 18.2 Å². The van der Waals surface area contributed by atoms with E-state index in [-0.39, 0.29) is 40.6 Å². The van der Waals surface area contributed by atoms with Gasteiger partial charge in [0.2, 0.25) is 11.8 Å². The summed E-state index contributed by atoms with van der Waals surface area (Å²) in [5.41, 5.74) is 0.0753. The van der Waals surface area contributed by atoms with E-state index in [1.165, 1.54) is 30.2 Å². The number of nitrogens with one attached hydrogen (secondary N) is 2. The van der Waals surface area contributed by atoms with Gasteiger partial charge in [-0.1, -0.05) is 12.1 Å². The van der Waals surface area contributed by atoms with Crippen LogP contribution >= 0.6 is 0 Å². The van der Waals surface area contributed by atoms with Gasteiger partial charge in [0.05, 0.1) is 18.4 Å². The molecule has 0 aliphatic carbocycles. The van der Waals surface area contributed by atoms with Gasteiger partial charge in [-0.15, -0.1) is 0 Å². The molecule has 0 spiro atoms. The number of alkyl halides is 3. The second-order valence-corrected chi connectivity index (χ2v) is 10.2. The Morgan fingerprint density at radius 3 is 2.59 bits per heavy atom. The van der Waals surface area contributed by atoms with E-state index in [0.29, 0.717) is 30.4 Å². The Bertz CT molecular complexity index is 1440. The normalized spacial score (nSPS) is 16.2. The summed E-state index contributed by atoms with van der Waals surface area (Å²) in [6.45, 7) is 2.53. The van der Waals surface area contributed by atoms with E-state index in [9.17, 15) is 18.0 Å². The number of rotatable bonds is 8. The van der Waals surface area contributed by atoms with E-state index in [2.05, 4.69) is 32.5 Å². The van der Waals surface area contributed by atoms with Crippen molar-refractivity contribution in [2.45, 2.75) is 38.1 Å². The van der Waals surface area contributed by atoms with Gasteiger partial charge in [0, 0.05) is 44.0 Å². The maximum Gasteiger partial charge on any atom is 0.423 e. The van der Waals surface area contributed by atoms with Crippen LogP contribution in [-0.2, 0) is 19.3 Å². The minimum Gasteiger partial charge on any atom is -0.495 e. The van der Waals surface area contributed by atoms with Crippen molar-refractivity contribution in [1.29, 1.82) is 0 Å². The van der Waals surface area contributed by atoms with Crippen molar-refractivity contribution in [2.24, 2.45) is 0 Å². The number of piperidine rings is 1. The van der Waals surface area contributed by atoms with E-state index >= 15 is 4.39 Å². The molecule has 2 N–H and O–H groups in total. The van der Waals surface area contributed by atoms with Gasteiger partial charge in [-0.05, 0) is 50.7 Å². The van der Waals surface area contributed by atoms with Crippen LogP contribution in [0.15, 0.2) is 36.5 Å². The number of hydrogen-bond donors (Lipinski definition) is 2. The number of benzene rings is 2. The molecule has 13 heteroatoms. The van der Waals surface area contributed by atoms with Crippen LogP contribution in [0, 0.1) is 5.82 Å². The smallest absolute Gasteiger partial charge is 0.423 e. The van der Waals surface area contributed by atoms with Crippen LogP contribution in [0.4, 0.5) is 29.2 Å². The molecule has 1 aromatic heterocycles. The van der Waals surface area contributed by atoms with E-state index in [1.54, 1.807) is 19.2 Å². The van der Waals surface area contributed by atoms with Gasteiger partial charge >= 0.3 is 6.18 Å². The lowest BCUT2D eigenvalue weighted by atomic mass is 10.0. The number of ether oxygens (including phenoxy) is 2. The Morgan fingerprint density at radius 1 is 1.12 bits per heavy atom. The highest BCUT2D eigenvalue weighted by atomic mass is 19.4. The average molecular weight is 575 g/mol. The largest absolute Gasteiger partial charge is 0.495 e. The number of amides is 1. The van der Waals surface area contributed by atoms with Crippen LogP contribution in [0.5, 0.6) is 17.4 Å².